The third-order valence-corrected chi connectivity index (χ3v) is 3.33. The van der Waals surface area contributed by atoms with Crippen LogP contribution < -0.4 is 5.32 Å². The third-order valence-electron chi connectivity index (χ3n) is 3.12. The number of aryl methyl sites for hydroxylation is 1. The number of carbonyl (C=O) groups is 1. The maximum atomic E-state index is 12.2. The Bertz CT molecular complexity index is 622. The summed E-state index contributed by atoms with van der Waals surface area (Å²) >= 11 is 5.89. The molecular weight excluding hydrogens is 294 g/mol. The van der Waals surface area contributed by atoms with Gasteiger partial charge in [-0.3, -0.25) is 4.79 Å². The minimum atomic E-state index is -0.273. The molecule has 0 aliphatic carbocycles. The largest absolute Gasteiger partial charge is 0.383 e. The number of hydrogen-bond acceptors (Lipinski definition) is 4. The average molecular weight is 312 g/mol. The zero-order valence-electron chi connectivity index (χ0n) is 12.2. The van der Waals surface area contributed by atoms with Crippen molar-refractivity contribution in [3.63, 3.8) is 0 Å². The highest BCUT2D eigenvalue weighted by molar-refractivity contribution is 6.31. The summed E-state index contributed by atoms with van der Waals surface area (Å²) < 4.78 is 8.57. The second kappa shape index (κ2) is 6.73. The van der Waals surface area contributed by atoms with Gasteiger partial charge in [-0.15, -0.1) is 10.2 Å². The smallest absolute Gasteiger partial charge is 0.268 e. The van der Waals surface area contributed by atoms with E-state index in [0.29, 0.717) is 29.7 Å². The van der Waals surface area contributed by atoms with Gasteiger partial charge in [-0.1, -0.05) is 11.6 Å². The first-order chi connectivity index (χ1) is 10.0. The maximum absolute atomic E-state index is 12.2. The second-order valence-electron chi connectivity index (χ2n) is 4.72. The van der Waals surface area contributed by atoms with Gasteiger partial charge in [-0.05, 0) is 13.0 Å². The summed E-state index contributed by atoms with van der Waals surface area (Å²) in [5.41, 5.74) is 0.495. The topological polar surface area (TPSA) is 74.0 Å². The van der Waals surface area contributed by atoms with Gasteiger partial charge < -0.3 is 19.2 Å². The molecule has 2 aromatic heterocycles. The Labute approximate surface area is 127 Å². The van der Waals surface area contributed by atoms with Crippen LogP contribution in [0, 0.1) is 0 Å². The van der Waals surface area contributed by atoms with Crippen LogP contribution in [-0.4, -0.2) is 39.0 Å². The number of aromatic nitrogens is 4. The van der Waals surface area contributed by atoms with Gasteiger partial charge in [0.1, 0.15) is 12.0 Å². The Kier molecular flexibility index (Phi) is 4.98. The highest BCUT2D eigenvalue weighted by Crippen LogP contribution is 2.15. The van der Waals surface area contributed by atoms with Crippen molar-refractivity contribution in [2.24, 2.45) is 7.05 Å². The molecule has 0 spiro atoms. The van der Waals surface area contributed by atoms with E-state index in [0.717, 1.165) is 0 Å². The van der Waals surface area contributed by atoms with E-state index in [2.05, 4.69) is 15.5 Å². The molecule has 0 aliphatic rings. The van der Waals surface area contributed by atoms with Crippen molar-refractivity contribution >= 4 is 17.5 Å². The van der Waals surface area contributed by atoms with Crippen LogP contribution >= 0.6 is 11.6 Å². The van der Waals surface area contributed by atoms with Gasteiger partial charge in [0.15, 0.2) is 5.82 Å². The van der Waals surface area contributed by atoms with Crippen molar-refractivity contribution in [1.29, 1.82) is 0 Å². The molecule has 0 fully saturated rings. The fourth-order valence-corrected chi connectivity index (χ4v) is 2.30. The molecule has 8 heteroatoms. The Morgan fingerprint density at radius 2 is 2.33 bits per heavy atom. The van der Waals surface area contributed by atoms with Gasteiger partial charge in [0, 0.05) is 26.9 Å². The molecule has 0 aromatic carbocycles. The molecule has 7 nitrogen and oxygen atoms in total. The minimum Gasteiger partial charge on any atom is -0.383 e. The van der Waals surface area contributed by atoms with Crippen LogP contribution in [0.1, 0.15) is 29.3 Å². The van der Waals surface area contributed by atoms with Crippen LogP contribution in [0.5, 0.6) is 0 Å². The standard InChI is InChI=1S/C13H18ClN5O2/c1-9(12-17-15-8-19(12)4-5-21-3)16-13(20)11-6-10(14)7-18(11)2/h6-9H,4-5H2,1-3H3,(H,16,20)/t9-/m0/s1. The quantitative estimate of drug-likeness (QED) is 0.875. The third kappa shape index (κ3) is 3.62. The van der Waals surface area contributed by atoms with E-state index in [9.17, 15) is 4.79 Å². The van der Waals surface area contributed by atoms with Crippen molar-refractivity contribution in [2.45, 2.75) is 19.5 Å². The molecule has 1 N–H and O–H groups in total. The highest BCUT2D eigenvalue weighted by Gasteiger charge is 2.18. The van der Waals surface area contributed by atoms with E-state index in [1.165, 1.54) is 0 Å². The lowest BCUT2D eigenvalue weighted by Gasteiger charge is -2.15. The Morgan fingerprint density at radius 3 is 2.95 bits per heavy atom. The SMILES string of the molecule is COCCn1cnnc1[C@H](C)NC(=O)c1cc(Cl)cn1C. The molecule has 2 rings (SSSR count). The van der Waals surface area contributed by atoms with E-state index in [1.54, 1.807) is 37.3 Å². The van der Waals surface area contributed by atoms with Crippen LogP contribution in [-0.2, 0) is 18.3 Å². The number of carbonyl (C=O) groups excluding carboxylic acids is 1. The van der Waals surface area contributed by atoms with Crippen molar-refractivity contribution in [2.75, 3.05) is 13.7 Å². The van der Waals surface area contributed by atoms with Crippen molar-refractivity contribution in [1.82, 2.24) is 24.6 Å². The lowest BCUT2D eigenvalue weighted by molar-refractivity contribution is 0.0929. The van der Waals surface area contributed by atoms with Crippen LogP contribution in [0.3, 0.4) is 0 Å². The van der Waals surface area contributed by atoms with Gasteiger partial charge in [-0.25, -0.2) is 0 Å². The molecule has 0 aliphatic heterocycles. The molecule has 1 atom stereocenters. The van der Waals surface area contributed by atoms with Crippen molar-refractivity contribution in [3.05, 3.63) is 35.1 Å². The van der Waals surface area contributed by atoms with Gasteiger partial charge in [0.05, 0.1) is 17.7 Å². The molecule has 0 saturated heterocycles. The average Bonchev–Trinajstić information content (AvgIpc) is 3.02. The van der Waals surface area contributed by atoms with Gasteiger partial charge in [-0.2, -0.15) is 0 Å². The first-order valence-corrected chi connectivity index (χ1v) is 6.90. The van der Waals surface area contributed by atoms with Crippen LogP contribution in [0.15, 0.2) is 18.6 Å². The molecule has 21 heavy (non-hydrogen) atoms. The zero-order chi connectivity index (χ0) is 15.4. The Hall–Kier alpha value is -1.86. The number of ether oxygens (including phenoxy) is 1. The predicted molar refractivity (Wildman–Crippen MR) is 78.2 cm³/mol. The summed E-state index contributed by atoms with van der Waals surface area (Å²) in [6, 6.07) is 1.35. The van der Waals surface area contributed by atoms with Gasteiger partial charge in [0.2, 0.25) is 0 Å². The molecule has 0 unspecified atom stereocenters. The number of nitrogens with zero attached hydrogens (tertiary/aromatic N) is 4. The normalized spacial score (nSPS) is 12.4. The minimum absolute atomic E-state index is 0.210. The first-order valence-electron chi connectivity index (χ1n) is 6.52. The highest BCUT2D eigenvalue weighted by atomic mass is 35.5. The van der Waals surface area contributed by atoms with Gasteiger partial charge in [0.25, 0.3) is 5.91 Å². The molecule has 2 aromatic rings. The molecule has 114 valence electrons. The van der Waals surface area contributed by atoms with Crippen LogP contribution in [0.2, 0.25) is 5.02 Å². The van der Waals surface area contributed by atoms with Crippen LogP contribution in [0.4, 0.5) is 0 Å². The monoisotopic (exact) mass is 311 g/mol. The summed E-state index contributed by atoms with van der Waals surface area (Å²) in [6.45, 7) is 3.05. The van der Waals surface area contributed by atoms with E-state index in [1.807, 2.05) is 11.5 Å². The number of halogens is 1. The molecule has 1 amide bonds. The molecule has 0 saturated carbocycles. The summed E-state index contributed by atoms with van der Waals surface area (Å²) in [4.78, 5) is 12.2. The number of amides is 1. The van der Waals surface area contributed by atoms with E-state index < -0.39 is 0 Å². The first kappa shape index (κ1) is 15.5. The fraction of sp³-hybridized carbons (Fsp3) is 0.462. The molecule has 2 heterocycles. The van der Waals surface area contributed by atoms with Crippen LogP contribution in [0.25, 0.3) is 0 Å². The number of methoxy groups -OCH3 is 1. The van der Waals surface area contributed by atoms with Gasteiger partial charge >= 0.3 is 0 Å². The second-order valence-corrected chi connectivity index (χ2v) is 5.16. The predicted octanol–water partition coefficient (Wildman–Crippen LogP) is 1.41. The lowest BCUT2D eigenvalue weighted by Crippen LogP contribution is -2.30. The van der Waals surface area contributed by atoms with E-state index >= 15 is 0 Å². The Balaban J connectivity index is 2.07. The summed E-state index contributed by atoms with van der Waals surface area (Å²) in [6.07, 6.45) is 3.30. The summed E-state index contributed by atoms with van der Waals surface area (Å²) in [5, 5.41) is 11.3. The van der Waals surface area contributed by atoms with E-state index in [4.69, 9.17) is 16.3 Å². The summed E-state index contributed by atoms with van der Waals surface area (Å²) in [5.74, 6) is 0.471. The molecule has 0 radical (unpaired) electrons. The van der Waals surface area contributed by atoms with Crippen molar-refractivity contribution < 1.29 is 9.53 Å². The Morgan fingerprint density at radius 1 is 1.57 bits per heavy atom. The van der Waals surface area contributed by atoms with E-state index in [-0.39, 0.29) is 11.9 Å². The maximum Gasteiger partial charge on any atom is 0.268 e. The number of nitrogens with one attached hydrogen (secondary N) is 1. The zero-order valence-corrected chi connectivity index (χ0v) is 13.0. The fourth-order valence-electron chi connectivity index (χ4n) is 2.05. The summed E-state index contributed by atoms with van der Waals surface area (Å²) in [7, 11) is 3.40. The number of rotatable bonds is 6. The van der Waals surface area contributed by atoms with Crippen molar-refractivity contribution in [3.8, 4) is 0 Å². The molecular formula is C13H18ClN5O2. The molecule has 0 bridgehead atoms. The lowest BCUT2D eigenvalue weighted by atomic mass is 10.3. The number of hydrogen-bond donors (Lipinski definition) is 1.